The summed E-state index contributed by atoms with van der Waals surface area (Å²) in [4.78, 5) is 1.07. The minimum absolute atomic E-state index is 0.569. The van der Waals surface area contributed by atoms with E-state index in [-0.39, 0.29) is 0 Å². The molecule has 2 N–H and O–H groups in total. The van der Waals surface area contributed by atoms with Crippen LogP contribution in [0.1, 0.15) is 0 Å². The number of rotatable bonds is 5. The van der Waals surface area contributed by atoms with Crippen molar-refractivity contribution in [3.8, 4) is 5.75 Å². The van der Waals surface area contributed by atoms with Crippen molar-refractivity contribution in [2.75, 3.05) is 18.1 Å². The molecule has 0 amide bonds. The lowest BCUT2D eigenvalue weighted by Crippen LogP contribution is -2.02. The number of nitrogen functional groups attached to an aromatic ring is 1. The van der Waals surface area contributed by atoms with Crippen LogP contribution >= 0.6 is 35.0 Å². The number of hydrogen-bond donors (Lipinski definition) is 1. The average molecular weight is 314 g/mol. The van der Waals surface area contributed by atoms with E-state index in [0.29, 0.717) is 22.3 Å². The fourth-order valence-electron chi connectivity index (χ4n) is 1.49. The third kappa shape index (κ3) is 4.23. The van der Waals surface area contributed by atoms with E-state index >= 15 is 0 Å². The molecule has 0 fully saturated rings. The topological polar surface area (TPSA) is 35.2 Å². The van der Waals surface area contributed by atoms with Gasteiger partial charge in [-0.2, -0.15) is 0 Å². The molecule has 0 bridgehead atoms. The standard InChI is InChI=1S/C14H13Cl2NOS/c15-11-6-5-10(9-12(11)16)19-8-7-18-14-4-2-1-3-13(14)17/h1-6,9H,7-8,17H2. The van der Waals surface area contributed by atoms with Gasteiger partial charge >= 0.3 is 0 Å². The van der Waals surface area contributed by atoms with Crippen molar-refractivity contribution in [2.45, 2.75) is 4.90 Å². The first-order valence-electron chi connectivity index (χ1n) is 5.72. The van der Waals surface area contributed by atoms with Crippen molar-refractivity contribution >= 4 is 40.7 Å². The lowest BCUT2D eigenvalue weighted by molar-refractivity contribution is 0.346. The number of ether oxygens (including phenoxy) is 1. The third-order valence-corrected chi connectivity index (χ3v) is 4.12. The normalized spacial score (nSPS) is 10.4. The SMILES string of the molecule is Nc1ccccc1OCCSc1ccc(Cl)c(Cl)c1. The second-order valence-electron chi connectivity index (χ2n) is 3.81. The van der Waals surface area contributed by atoms with Crippen molar-refractivity contribution in [3.05, 3.63) is 52.5 Å². The first kappa shape index (κ1) is 14.4. The van der Waals surface area contributed by atoms with Crippen LogP contribution in [0.2, 0.25) is 10.0 Å². The summed E-state index contributed by atoms with van der Waals surface area (Å²) in [5.74, 6) is 1.53. The highest BCUT2D eigenvalue weighted by molar-refractivity contribution is 7.99. The van der Waals surface area contributed by atoms with Crippen LogP contribution in [0.25, 0.3) is 0 Å². The quantitative estimate of drug-likeness (QED) is 0.491. The molecule has 2 aromatic carbocycles. The lowest BCUT2D eigenvalue weighted by atomic mass is 10.3. The Morgan fingerprint density at radius 3 is 2.58 bits per heavy atom. The number of hydrogen-bond acceptors (Lipinski definition) is 3. The maximum Gasteiger partial charge on any atom is 0.142 e. The molecule has 0 spiro atoms. The van der Waals surface area contributed by atoms with Crippen LogP contribution in [0.4, 0.5) is 5.69 Å². The van der Waals surface area contributed by atoms with Crippen LogP contribution in [-0.4, -0.2) is 12.4 Å². The molecule has 0 aliphatic carbocycles. The molecule has 0 saturated carbocycles. The largest absolute Gasteiger partial charge is 0.491 e. The lowest BCUT2D eigenvalue weighted by Gasteiger charge is -2.08. The molecule has 0 radical (unpaired) electrons. The molecule has 2 aromatic rings. The second kappa shape index (κ2) is 6.94. The van der Waals surface area contributed by atoms with Gasteiger partial charge in [-0.15, -0.1) is 11.8 Å². The van der Waals surface area contributed by atoms with Gasteiger partial charge in [0.1, 0.15) is 5.75 Å². The van der Waals surface area contributed by atoms with Gasteiger partial charge in [0.25, 0.3) is 0 Å². The smallest absolute Gasteiger partial charge is 0.142 e. The van der Waals surface area contributed by atoms with Gasteiger partial charge in [-0.3, -0.25) is 0 Å². The van der Waals surface area contributed by atoms with Gasteiger partial charge in [0, 0.05) is 10.6 Å². The second-order valence-corrected chi connectivity index (χ2v) is 5.79. The van der Waals surface area contributed by atoms with Gasteiger partial charge in [0.05, 0.1) is 22.3 Å². The van der Waals surface area contributed by atoms with Crippen LogP contribution < -0.4 is 10.5 Å². The Kier molecular flexibility index (Phi) is 5.25. The van der Waals surface area contributed by atoms with Crippen molar-refractivity contribution in [3.63, 3.8) is 0 Å². The molecule has 0 aliphatic rings. The molecular formula is C14H13Cl2NOS. The number of nitrogens with two attached hydrogens (primary N) is 1. The van der Waals surface area contributed by atoms with Gasteiger partial charge in [0.15, 0.2) is 0 Å². The maximum absolute atomic E-state index is 5.95. The summed E-state index contributed by atoms with van der Waals surface area (Å²) >= 11 is 13.5. The monoisotopic (exact) mass is 313 g/mol. The van der Waals surface area contributed by atoms with Crippen LogP contribution in [0.15, 0.2) is 47.4 Å². The minimum Gasteiger partial charge on any atom is -0.491 e. The van der Waals surface area contributed by atoms with E-state index in [1.165, 1.54) is 0 Å². The predicted molar refractivity (Wildman–Crippen MR) is 83.5 cm³/mol. The highest BCUT2D eigenvalue weighted by atomic mass is 35.5. The predicted octanol–water partition coefficient (Wildman–Crippen LogP) is 4.75. The molecule has 2 nitrogen and oxygen atoms in total. The summed E-state index contributed by atoms with van der Waals surface area (Å²) in [6.45, 7) is 0.582. The van der Waals surface area contributed by atoms with E-state index in [0.717, 1.165) is 16.4 Å². The van der Waals surface area contributed by atoms with Crippen molar-refractivity contribution in [1.82, 2.24) is 0 Å². The van der Waals surface area contributed by atoms with Gasteiger partial charge in [-0.1, -0.05) is 35.3 Å². The Labute approximate surface area is 126 Å². The van der Waals surface area contributed by atoms with E-state index in [9.17, 15) is 0 Å². The Balaban J connectivity index is 1.81. The molecular weight excluding hydrogens is 301 g/mol. The molecule has 0 heterocycles. The van der Waals surface area contributed by atoms with Crippen molar-refractivity contribution in [2.24, 2.45) is 0 Å². The molecule has 0 atom stereocenters. The van der Waals surface area contributed by atoms with Crippen LogP contribution in [0.5, 0.6) is 5.75 Å². The first-order valence-corrected chi connectivity index (χ1v) is 7.46. The molecule has 0 aliphatic heterocycles. The van der Waals surface area contributed by atoms with E-state index < -0.39 is 0 Å². The highest BCUT2D eigenvalue weighted by Crippen LogP contribution is 2.28. The van der Waals surface area contributed by atoms with Crippen LogP contribution in [-0.2, 0) is 0 Å². The number of anilines is 1. The Bertz CT molecular complexity index is 563. The average Bonchev–Trinajstić information content (AvgIpc) is 2.40. The molecule has 19 heavy (non-hydrogen) atoms. The van der Waals surface area contributed by atoms with E-state index in [1.807, 2.05) is 36.4 Å². The summed E-state index contributed by atoms with van der Waals surface area (Å²) in [6.07, 6.45) is 0. The number of thioether (sulfide) groups is 1. The Hall–Kier alpha value is -1.03. The number of para-hydroxylation sites is 2. The summed E-state index contributed by atoms with van der Waals surface area (Å²) in [7, 11) is 0. The van der Waals surface area contributed by atoms with Crippen molar-refractivity contribution in [1.29, 1.82) is 0 Å². The Morgan fingerprint density at radius 2 is 1.84 bits per heavy atom. The van der Waals surface area contributed by atoms with Gasteiger partial charge in [0.2, 0.25) is 0 Å². The van der Waals surface area contributed by atoms with Crippen LogP contribution in [0.3, 0.4) is 0 Å². The zero-order valence-corrected chi connectivity index (χ0v) is 12.4. The molecule has 0 saturated heterocycles. The molecule has 5 heteroatoms. The molecule has 0 unspecified atom stereocenters. The summed E-state index contributed by atoms with van der Waals surface area (Å²) < 4.78 is 5.61. The molecule has 100 valence electrons. The fourth-order valence-corrected chi connectivity index (χ4v) is 2.62. The van der Waals surface area contributed by atoms with Gasteiger partial charge in [-0.05, 0) is 30.3 Å². The summed E-state index contributed by atoms with van der Waals surface area (Å²) in [6, 6.07) is 13.1. The summed E-state index contributed by atoms with van der Waals surface area (Å²) in [5.41, 5.74) is 6.44. The fraction of sp³-hybridized carbons (Fsp3) is 0.143. The van der Waals surface area contributed by atoms with Crippen LogP contribution in [0, 0.1) is 0 Å². The van der Waals surface area contributed by atoms with Gasteiger partial charge in [-0.25, -0.2) is 0 Å². The minimum atomic E-state index is 0.569. The first-order chi connectivity index (χ1) is 9.16. The highest BCUT2D eigenvalue weighted by Gasteiger charge is 2.01. The zero-order chi connectivity index (χ0) is 13.7. The number of benzene rings is 2. The molecule has 2 rings (SSSR count). The summed E-state index contributed by atoms with van der Waals surface area (Å²) in [5, 5.41) is 1.14. The molecule has 0 aromatic heterocycles. The van der Waals surface area contributed by atoms with E-state index in [4.69, 9.17) is 33.7 Å². The van der Waals surface area contributed by atoms with E-state index in [1.54, 1.807) is 17.8 Å². The third-order valence-electron chi connectivity index (χ3n) is 2.42. The maximum atomic E-state index is 5.95. The van der Waals surface area contributed by atoms with Gasteiger partial charge < -0.3 is 10.5 Å². The van der Waals surface area contributed by atoms with Crippen molar-refractivity contribution < 1.29 is 4.74 Å². The Morgan fingerprint density at radius 1 is 1.05 bits per heavy atom. The number of halogens is 2. The zero-order valence-electron chi connectivity index (χ0n) is 10.1. The van der Waals surface area contributed by atoms with E-state index in [2.05, 4.69) is 0 Å².